The lowest BCUT2D eigenvalue weighted by Gasteiger charge is -2.16. The number of hydrogen-bond acceptors (Lipinski definition) is 4. The van der Waals surface area contributed by atoms with E-state index < -0.39 is 0 Å². The largest absolute Gasteiger partial charge is 0.308 e. The van der Waals surface area contributed by atoms with Gasteiger partial charge >= 0.3 is 0 Å². The highest BCUT2D eigenvalue weighted by atomic mass is 32.1. The Hall–Kier alpha value is -2.47. The SMILES string of the molecule is C=C1c2ccccc2C(=O)N1CCC(=O)Nc1nc(C(C)C)cs1. The van der Waals surface area contributed by atoms with Crippen molar-refractivity contribution in [3.8, 4) is 0 Å². The summed E-state index contributed by atoms with van der Waals surface area (Å²) in [5.74, 6) is 0.0758. The van der Waals surface area contributed by atoms with E-state index >= 15 is 0 Å². The Morgan fingerprint density at radius 2 is 2.04 bits per heavy atom. The average Bonchev–Trinajstić information content (AvgIpc) is 3.11. The van der Waals surface area contributed by atoms with Crippen LogP contribution in [0.3, 0.4) is 0 Å². The van der Waals surface area contributed by atoms with Crippen LogP contribution in [0.15, 0.2) is 36.2 Å². The normalized spacial score (nSPS) is 13.5. The first kappa shape index (κ1) is 16.4. The van der Waals surface area contributed by atoms with Crippen molar-refractivity contribution in [1.82, 2.24) is 9.88 Å². The Morgan fingerprint density at radius 3 is 2.67 bits per heavy atom. The minimum Gasteiger partial charge on any atom is -0.308 e. The van der Waals surface area contributed by atoms with Crippen molar-refractivity contribution in [2.45, 2.75) is 26.2 Å². The van der Waals surface area contributed by atoms with E-state index in [0.717, 1.165) is 11.3 Å². The first-order chi connectivity index (χ1) is 11.5. The fourth-order valence-electron chi connectivity index (χ4n) is 2.57. The zero-order valence-corrected chi connectivity index (χ0v) is 14.5. The van der Waals surface area contributed by atoms with Gasteiger partial charge in [0, 0.05) is 35.2 Å². The van der Waals surface area contributed by atoms with Gasteiger partial charge in [-0.05, 0) is 12.0 Å². The molecule has 1 N–H and O–H groups in total. The first-order valence-electron chi connectivity index (χ1n) is 7.83. The van der Waals surface area contributed by atoms with Crippen LogP contribution in [0.4, 0.5) is 5.13 Å². The number of hydrogen-bond donors (Lipinski definition) is 1. The molecule has 124 valence electrons. The molecular weight excluding hydrogens is 322 g/mol. The molecule has 0 radical (unpaired) electrons. The number of thiazole rings is 1. The summed E-state index contributed by atoms with van der Waals surface area (Å²) in [4.78, 5) is 30.4. The quantitative estimate of drug-likeness (QED) is 0.901. The maximum Gasteiger partial charge on any atom is 0.258 e. The molecule has 0 spiro atoms. The number of carbonyl (C=O) groups excluding carboxylic acids is 2. The van der Waals surface area contributed by atoms with Gasteiger partial charge in [0.2, 0.25) is 5.91 Å². The fraction of sp³-hybridized carbons (Fsp3) is 0.278. The number of benzene rings is 1. The van der Waals surface area contributed by atoms with Gasteiger partial charge < -0.3 is 10.2 Å². The van der Waals surface area contributed by atoms with Crippen LogP contribution >= 0.6 is 11.3 Å². The van der Waals surface area contributed by atoms with Gasteiger partial charge in [0.1, 0.15) is 0 Å². The summed E-state index contributed by atoms with van der Waals surface area (Å²) in [6, 6.07) is 7.36. The molecule has 3 rings (SSSR count). The van der Waals surface area contributed by atoms with Crippen molar-refractivity contribution in [2.75, 3.05) is 11.9 Å². The molecule has 5 nitrogen and oxygen atoms in total. The monoisotopic (exact) mass is 341 g/mol. The molecule has 0 saturated heterocycles. The van der Waals surface area contributed by atoms with E-state index in [2.05, 4.69) is 30.7 Å². The summed E-state index contributed by atoms with van der Waals surface area (Å²) in [5.41, 5.74) is 3.10. The Bertz CT molecular complexity index is 775. The minimum atomic E-state index is -0.156. The lowest BCUT2D eigenvalue weighted by Crippen LogP contribution is -2.27. The Labute approximate surface area is 145 Å². The Morgan fingerprint density at radius 1 is 1.33 bits per heavy atom. The summed E-state index contributed by atoms with van der Waals surface area (Å²) in [5, 5.41) is 5.34. The van der Waals surface area contributed by atoms with Crippen molar-refractivity contribution in [3.63, 3.8) is 0 Å². The second-order valence-electron chi connectivity index (χ2n) is 5.98. The van der Waals surface area contributed by atoms with Crippen LogP contribution in [0.25, 0.3) is 5.70 Å². The molecule has 0 fully saturated rings. The van der Waals surface area contributed by atoms with Gasteiger partial charge in [0.15, 0.2) is 5.13 Å². The van der Waals surface area contributed by atoms with Gasteiger partial charge in [-0.3, -0.25) is 9.59 Å². The molecule has 1 aliphatic heterocycles. The summed E-state index contributed by atoms with van der Waals surface area (Å²) in [6.45, 7) is 8.40. The highest BCUT2D eigenvalue weighted by molar-refractivity contribution is 7.13. The molecule has 2 aromatic rings. The van der Waals surface area contributed by atoms with Gasteiger partial charge in [-0.25, -0.2) is 4.98 Å². The lowest BCUT2D eigenvalue weighted by atomic mass is 10.1. The van der Waals surface area contributed by atoms with Crippen LogP contribution in [-0.2, 0) is 4.79 Å². The highest BCUT2D eigenvalue weighted by Gasteiger charge is 2.30. The smallest absolute Gasteiger partial charge is 0.258 e. The maximum absolute atomic E-state index is 12.4. The van der Waals surface area contributed by atoms with E-state index in [4.69, 9.17) is 0 Å². The molecule has 0 unspecified atom stereocenters. The van der Waals surface area contributed by atoms with E-state index in [1.54, 1.807) is 11.0 Å². The number of anilines is 1. The van der Waals surface area contributed by atoms with E-state index in [1.165, 1.54) is 11.3 Å². The molecule has 0 aliphatic carbocycles. The van der Waals surface area contributed by atoms with Crippen LogP contribution in [0.1, 0.15) is 47.8 Å². The van der Waals surface area contributed by atoms with Gasteiger partial charge in [-0.15, -0.1) is 11.3 Å². The van der Waals surface area contributed by atoms with Crippen LogP contribution in [0.2, 0.25) is 0 Å². The van der Waals surface area contributed by atoms with Crippen LogP contribution in [0.5, 0.6) is 0 Å². The first-order valence-corrected chi connectivity index (χ1v) is 8.70. The summed E-state index contributed by atoms with van der Waals surface area (Å²) >= 11 is 1.41. The molecule has 1 aliphatic rings. The van der Waals surface area contributed by atoms with Gasteiger partial charge in [0.25, 0.3) is 5.91 Å². The zero-order valence-electron chi connectivity index (χ0n) is 13.7. The third-order valence-electron chi connectivity index (χ3n) is 3.96. The fourth-order valence-corrected chi connectivity index (χ4v) is 3.46. The second-order valence-corrected chi connectivity index (χ2v) is 6.84. The lowest BCUT2D eigenvalue weighted by molar-refractivity contribution is -0.116. The third kappa shape index (κ3) is 3.10. The molecule has 0 saturated carbocycles. The highest BCUT2D eigenvalue weighted by Crippen LogP contribution is 2.31. The molecule has 2 heterocycles. The van der Waals surface area contributed by atoms with Crippen molar-refractivity contribution >= 4 is 34.0 Å². The standard InChI is InChI=1S/C18H19N3O2S/c1-11(2)15-10-24-18(19-15)20-16(22)8-9-21-12(3)13-6-4-5-7-14(13)17(21)23/h4-7,10-11H,3,8-9H2,1-2H3,(H,19,20,22). The Kier molecular flexibility index (Phi) is 4.49. The number of aromatic nitrogens is 1. The topological polar surface area (TPSA) is 62.3 Å². The molecular formula is C18H19N3O2S. The zero-order chi connectivity index (χ0) is 17.3. The molecule has 0 bridgehead atoms. The van der Waals surface area contributed by atoms with Crippen LogP contribution in [-0.4, -0.2) is 28.2 Å². The number of rotatable bonds is 5. The molecule has 24 heavy (non-hydrogen) atoms. The predicted molar refractivity (Wildman–Crippen MR) is 96.0 cm³/mol. The minimum absolute atomic E-state index is 0.0975. The Balaban J connectivity index is 1.59. The third-order valence-corrected chi connectivity index (χ3v) is 4.74. The van der Waals surface area contributed by atoms with Crippen LogP contribution in [0, 0.1) is 0 Å². The summed E-state index contributed by atoms with van der Waals surface area (Å²) in [7, 11) is 0. The maximum atomic E-state index is 12.4. The predicted octanol–water partition coefficient (Wildman–Crippen LogP) is 3.72. The van der Waals surface area contributed by atoms with Crippen LogP contribution < -0.4 is 5.32 Å². The van der Waals surface area contributed by atoms with Gasteiger partial charge in [-0.2, -0.15) is 0 Å². The van der Waals surface area contributed by atoms with Gasteiger partial charge in [0.05, 0.1) is 5.69 Å². The summed E-state index contributed by atoms with van der Waals surface area (Å²) < 4.78 is 0. The average molecular weight is 341 g/mol. The molecule has 1 aromatic heterocycles. The number of amides is 2. The molecule has 2 amide bonds. The van der Waals surface area contributed by atoms with Crippen molar-refractivity contribution in [1.29, 1.82) is 0 Å². The van der Waals surface area contributed by atoms with Crippen molar-refractivity contribution < 1.29 is 9.59 Å². The van der Waals surface area contributed by atoms with E-state index in [9.17, 15) is 9.59 Å². The number of carbonyl (C=O) groups is 2. The van der Waals surface area contributed by atoms with E-state index in [1.807, 2.05) is 23.6 Å². The summed E-state index contributed by atoms with van der Waals surface area (Å²) in [6.07, 6.45) is 0.204. The van der Waals surface area contributed by atoms with E-state index in [-0.39, 0.29) is 18.2 Å². The number of fused-ring (bicyclic) bond motifs is 1. The van der Waals surface area contributed by atoms with E-state index in [0.29, 0.717) is 28.9 Å². The number of nitrogens with one attached hydrogen (secondary N) is 1. The van der Waals surface area contributed by atoms with Crippen molar-refractivity contribution in [2.24, 2.45) is 0 Å². The molecule has 1 aromatic carbocycles. The number of nitrogens with zero attached hydrogens (tertiary/aromatic N) is 2. The molecule has 0 atom stereocenters. The second kappa shape index (κ2) is 6.57. The van der Waals surface area contributed by atoms with Gasteiger partial charge in [-0.1, -0.05) is 38.6 Å². The molecule has 6 heteroatoms. The van der Waals surface area contributed by atoms with Crippen molar-refractivity contribution in [3.05, 3.63) is 53.0 Å².